The van der Waals surface area contributed by atoms with Crippen molar-refractivity contribution in [3.63, 3.8) is 0 Å². The van der Waals surface area contributed by atoms with E-state index < -0.39 is 12.6 Å². The number of nitrogens with zero attached hydrogens (tertiary/aromatic N) is 5. The van der Waals surface area contributed by atoms with E-state index in [1.54, 1.807) is 30.6 Å². The molecule has 0 radical (unpaired) electrons. The summed E-state index contributed by atoms with van der Waals surface area (Å²) in [5.74, 6) is -0.314. The van der Waals surface area contributed by atoms with Gasteiger partial charge in [-0.2, -0.15) is 8.78 Å². The molecule has 1 aromatic carbocycles. The minimum Gasteiger partial charge on any atom is -0.481 e. The number of fused-ring (bicyclic) bond motifs is 1. The van der Waals surface area contributed by atoms with E-state index in [0.29, 0.717) is 37.7 Å². The molecule has 9 nitrogen and oxygen atoms in total. The van der Waals surface area contributed by atoms with E-state index in [2.05, 4.69) is 15.0 Å². The highest BCUT2D eigenvalue weighted by molar-refractivity contribution is 5.68. The fourth-order valence-electron chi connectivity index (χ4n) is 4.54. The number of morpholine rings is 1. The molecule has 1 fully saturated rings. The molecule has 1 saturated heterocycles. The van der Waals surface area contributed by atoms with E-state index in [9.17, 15) is 18.7 Å². The van der Waals surface area contributed by atoms with Gasteiger partial charge in [-0.15, -0.1) is 0 Å². The van der Waals surface area contributed by atoms with Crippen LogP contribution in [-0.2, 0) is 16.0 Å². The Kier molecular flexibility index (Phi) is 6.95. The number of hydrogen-bond acceptors (Lipinski definition) is 7. The van der Waals surface area contributed by atoms with Crippen molar-refractivity contribution in [3.05, 3.63) is 71.9 Å². The van der Waals surface area contributed by atoms with Crippen LogP contribution in [0.4, 0.5) is 14.7 Å². The zero-order valence-corrected chi connectivity index (χ0v) is 20.1. The van der Waals surface area contributed by atoms with Crippen molar-refractivity contribution in [2.45, 2.75) is 32.4 Å². The number of benzene rings is 1. The number of aliphatic carboxylic acids is 1. The average molecular weight is 510 g/mol. The molecule has 3 aromatic heterocycles. The molecule has 0 bridgehead atoms. The molecule has 1 unspecified atom stereocenters. The molecule has 1 aliphatic heterocycles. The van der Waals surface area contributed by atoms with Crippen molar-refractivity contribution >= 4 is 17.6 Å². The molecule has 1 N–H and O–H groups in total. The average Bonchev–Trinajstić information content (AvgIpc) is 3.19. The third-order valence-corrected chi connectivity index (χ3v) is 6.33. The molecule has 4 heterocycles. The maximum absolute atomic E-state index is 12.9. The Hall–Kier alpha value is -4.12. The van der Waals surface area contributed by atoms with Crippen molar-refractivity contribution in [1.29, 1.82) is 0 Å². The fraction of sp³-hybridized carbons (Fsp3) is 0.308. The first-order valence-corrected chi connectivity index (χ1v) is 11.8. The maximum atomic E-state index is 12.9. The largest absolute Gasteiger partial charge is 0.481 e. The van der Waals surface area contributed by atoms with Crippen molar-refractivity contribution < 1.29 is 28.2 Å². The summed E-state index contributed by atoms with van der Waals surface area (Å²) in [6, 6.07) is 10.2. The summed E-state index contributed by atoms with van der Waals surface area (Å²) in [7, 11) is 0. The topological polar surface area (TPSA) is 102 Å². The zero-order valence-electron chi connectivity index (χ0n) is 20.1. The molecular formula is C26H25F2N5O4. The SMILES string of the molecule is Cc1nc2ccc(-c3cnc(N4CCOCC4CC(=O)O)nc3)cn2c1Cc1ccccc1OC(F)F. The molecule has 192 valence electrons. The second-order valence-electron chi connectivity index (χ2n) is 8.74. The van der Waals surface area contributed by atoms with Gasteiger partial charge in [0.2, 0.25) is 5.95 Å². The number of anilines is 1. The lowest BCUT2D eigenvalue weighted by molar-refractivity contribution is -0.138. The molecule has 0 aliphatic carbocycles. The first kappa shape index (κ1) is 24.6. The Balaban J connectivity index is 1.43. The molecule has 11 heteroatoms. The molecule has 1 aliphatic rings. The second kappa shape index (κ2) is 10.5. The Morgan fingerprint density at radius 2 is 1.97 bits per heavy atom. The van der Waals surface area contributed by atoms with Crippen LogP contribution in [0.25, 0.3) is 16.8 Å². The fourth-order valence-corrected chi connectivity index (χ4v) is 4.54. The number of rotatable bonds is 8. The van der Waals surface area contributed by atoms with Crippen LogP contribution in [0.2, 0.25) is 0 Å². The van der Waals surface area contributed by atoms with Gasteiger partial charge in [-0.25, -0.2) is 15.0 Å². The van der Waals surface area contributed by atoms with Crippen LogP contribution in [0.3, 0.4) is 0 Å². The summed E-state index contributed by atoms with van der Waals surface area (Å²) in [4.78, 5) is 26.7. The molecule has 0 saturated carbocycles. The van der Waals surface area contributed by atoms with Crippen LogP contribution in [-0.4, -0.2) is 62.8 Å². The number of halogens is 2. The van der Waals surface area contributed by atoms with Crippen LogP contribution < -0.4 is 9.64 Å². The van der Waals surface area contributed by atoms with Gasteiger partial charge in [0, 0.05) is 53.9 Å². The Morgan fingerprint density at radius 3 is 2.73 bits per heavy atom. The lowest BCUT2D eigenvalue weighted by atomic mass is 10.1. The Labute approximate surface area is 211 Å². The number of imidazole rings is 1. The lowest BCUT2D eigenvalue weighted by Gasteiger charge is -2.34. The van der Waals surface area contributed by atoms with Crippen LogP contribution >= 0.6 is 0 Å². The molecule has 4 aromatic rings. The molecule has 5 rings (SSSR count). The van der Waals surface area contributed by atoms with Gasteiger partial charge in [0.25, 0.3) is 0 Å². The number of aryl methyl sites for hydroxylation is 1. The van der Waals surface area contributed by atoms with Gasteiger partial charge in [0.1, 0.15) is 11.4 Å². The molecule has 37 heavy (non-hydrogen) atoms. The van der Waals surface area contributed by atoms with Gasteiger partial charge in [-0.3, -0.25) is 4.79 Å². The van der Waals surface area contributed by atoms with Crippen molar-refractivity contribution in [2.24, 2.45) is 0 Å². The smallest absolute Gasteiger partial charge is 0.387 e. The number of ether oxygens (including phenoxy) is 2. The summed E-state index contributed by atoms with van der Waals surface area (Å²) in [6.07, 6.45) is 5.62. The maximum Gasteiger partial charge on any atom is 0.387 e. The number of para-hydroxylation sites is 1. The number of carboxylic acid groups (broad SMARTS) is 1. The first-order valence-electron chi connectivity index (χ1n) is 11.8. The quantitative estimate of drug-likeness (QED) is 0.381. The molecular weight excluding hydrogens is 484 g/mol. The summed E-state index contributed by atoms with van der Waals surface area (Å²) in [5.41, 5.74) is 4.61. The third kappa shape index (κ3) is 5.36. The number of carbonyl (C=O) groups is 1. The minimum absolute atomic E-state index is 0.0595. The number of alkyl halides is 2. The number of aromatic nitrogens is 4. The Morgan fingerprint density at radius 1 is 1.19 bits per heavy atom. The number of carboxylic acids is 1. The standard InChI is InChI=1S/C26H25F2N5O4/c1-16-21(10-17-4-2-3-5-22(17)37-25(27)28)33-14-18(6-7-23(33)31-16)19-12-29-26(30-13-19)32-8-9-36-15-20(32)11-24(34)35/h2-7,12-14,20,25H,8-11,15H2,1H3,(H,34,35). The van der Waals surface area contributed by atoms with Crippen molar-refractivity contribution in [3.8, 4) is 16.9 Å². The summed E-state index contributed by atoms with van der Waals surface area (Å²) < 4.78 is 37.9. The van der Waals surface area contributed by atoms with Crippen LogP contribution in [0.1, 0.15) is 23.4 Å². The van der Waals surface area contributed by atoms with Crippen molar-refractivity contribution in [2.75, 3.05) is 24.7 Å². The second-order valence-corrected chi connectivity index (χ2v) is 8.74. The van der Waals surface area contributed by atoms with Gasteiger partial charge >= 0.3 is 12.6 Å². The first-order chi connectivity index (χ1) is 17.9. The van der Waals surface area contributed by atoms with E-state index in [1.165, 1.54) is 6.07 Å². The van der Waals surface area contributed by atoms with E-state index in [1.807, 2.05) is 34.6 Å². The van der Waals surface area contributed by atoms with Gasteiger partial charge in [-0.1, -0.05) is 18.2 Å². The highest BCUT2D eigenvalue weighted by atomic mass is 19.3. The third-order valence-electron chi connectivity index (χ3n) is 6.33. The summed E-state index contributed by atoms with van der Waals surface area (Å²) >= 11 is 0. The van der Waals surface area contributed by atoms with Crippen LogP contribution in [0.15, 0.2) is 55.0 Å². The molecule has 1 atom stereocenters. The van der Waals surface area contributed by atoms with E-state index in [0.717, 1.165) is 28.2 Å². The Bertz CT molecular complexity index is 1410. The van der Waals surface area contributed by atoms with Gasteiger partial charge < -0.3 is 23.9 Å². The van der Waals surface area contributed by atoms with Crippen LogP contribution in [0, 0.1) is 6.92 Å². The monoisotopic (exact) mass is 509 g/mol. The van der Waals surface area contributed by atoms with Crippen LogP contribution in [0.5, 0.6) is 5.75 Å². The zero-order chi connectivity index (χ0) is 25.9. The summed E-state index contributed by atoms with van der Waals surface area (Å²) in [5, 5.41) is 9.21. The predicted molar refractivity (Wildman–Crippen MR) is 131 cm³/mol. The van der Waals surface area contributed by atoms with Crippen molar-refractivity contribution in [1.82, 2.24) is 19.4 Å². The van der Waals surface area contributed by atoms with E-state index >= 15 is 0 Å². The lowest BCUT2D eigenvalue weighted by Crippen LogP contribution is -2.47. The van der Waals surface area contributed by atoms with Gasteiger partial charge in [0.05, 0.1) is 31.4 Å². The summed E-state index contributed by atoms with van der Waals surface area (Å²) in [6.45, 7) is 0.272. The highest BCUT2D eigenvalue weighted by Crippen LogP contribution is 2.27. The minimum atomic E-state index is -2.91. The number of pyridine rings is 1. The number of hydrogen-bond donors (Lipinski definition) is 1. The van der Waals surface area contributed by atoms with Gasteiger partial charge in [0.15, 0.2) is 0 Å². The predicted octanol–water partition coefficient (Wildman–Crippen LogP) is 3.97. The molecule has 0 amide bonds. The normalized spacial score (nSPS) is 15.9. The molecule has 0 spiro atoms. The van der Waals surface area contributed by atoms with E-state index in [4.69, 9.17) is 9.47 Å². The van der Waals surface area contributed by atoms with E-state index in [-0.39, 0.29) is 18.2 Å². The van der Waals surface area contributed by atoms with Gasteiger partial charge in [-0.05, 0) is 25.1 Å². The highest BCUT2D eigenvalue weighted by Gasteiger charge is 2.27.